The molecule has 1 N–H and O–H groups in total. The van der Waals surface area contributed by atoms with Crippen LogP contribution in [0, 0.1) is 12.7 Å². The molecule has 0 spiro atoms. The normalized spacial score (nSPS) is 12.7. The van der Waals surface area contributed by atoms with E-state index in [1.54, 1.807) is 25.6 Å². The molecule has 0 aliphatic rings. The van der Waals surface area contributed by atoms with Crippen molar-refractivity contribution in [2.45, 2.75) is 13.0 Å². The predicted octanol–water partition coefficient (Wildman–Crippen LogP) is 3.04. The maximum atomic E-state index is 13.7. The van der Waals surface area contributed by atoms with Crippen LogP contribution in [-0.2, 0) is 0 Å². The smallest absolute Gasteiger partial charge is 0.128 e. The van der Waals surface area contributed by atoms with Crippen molar-refractivity contribution in [3.63, 3.8) is 0 Å². The first-order chi connectivity index (χ1) is 7.72. The van der Waals surface area contributed by atoms with E-state index >= 15 is 0 Å². The van der Waals surface area contributed by atoms with Crippen LogP contribution >= 0.6 is 0 Å². The Morgan fingerprint density at radius 1 is 1.31 bits per heavy atom. The van der Waals surface area contributed by atoms with E-state index in [1.807, 2.05) is 19.1 Å². The molecule has 0 amide bonds. The minimum atomic E-state index is -0.203. The van der Waals surface area contributed by atoms with Gasteiger partial charge in [0.1, 0.15) is 5.82 Å². The van der Waals surface area contributed by atoms with Crippen LogP contribution in [0.25, 0.3) is 0 Å². The van der Waals surface area contributed by atoms with Crippen molar-refractivity contribution in [2.24, 2.45) is 0 Å². The number of benzene rings is 1. The van der Waals surface area contributed by atoms with Crippen molar-refractivity contribution in [2.75, 3.05) is 7.05 Å². The third-order valence-electron chi connectivity index (χ3n) is 2.63. The van der Waals surface area contributed by atoms with Gasteiger partial charge < -0.3 is 9.73 Å². The maximum Gasteiger partial charge on any atom is 0.128 e. The van der Waals surface area contributed by atoms with Gasteiger partial charge in [0.15, 0.2) is 0 Å². The molecule has 2 nitrogen and oxygen atoms in total. The number of aryl methyl sites for hydroxylation is 1. The summed E-state index contributed by atoms with van der Waals surface area (Å²) in [5.74, 6) is -0.203. The van der Waals surface area contributed by atoms with Crippen LogP contribution in [0.15, 0.2) is 41.2 Å². The Bertz CT molecular complexity index is 465. The second kappa shape index (κ2) is 4.49. The number of rotatable bonds is 3. The molecule has 2 rings (SSSR count). The Morgan fingerprint density at radius 3 is 2.75 bits per heavy atom. The van der Waals surface area contributed by atoms with E-state index in [9.17, 15) is 4.39 Å². The van der Waals surface area contributed by atoms with Gasteiger partial charge in [-0.2, -0.15) is 0 Å². The first-order valence-corrected chi connectivity index (χ1v) is 5.18. The highest BCUT2D eigenvalue weighted by Crippen LogP contribution is 2.25. The molecular weight excluding hydrogens is 205 g/mol. The summed E-state index contributed by atoms with van der Waals surface area (Å²) >= 11 is 0. The summed E-state index contributed by atoms with van der Waals surface area (Å²) in [5, 5.41) is 3.09. The van der Waals surface area contributed by atoms with E-state index in [2.05, 4.69) is 5.32 Å². The Labute approximate surface area is 94.1 Å². The van der Waals surface area contributed by atoms with Gasteiger partial charge in [-0.15, -0.1) is 0 Å². The molecule has 1 atom stereocenters. The third-order valence-corrected chi connectivity index (χ3v) is 2.63. The van der Waals surface area contributed by atoms with Crippen molar-refractivity contribution in [1.29, 1.82) is 0 Å². The number of hydrogen-bond acceptors (Lipinski definition) is 2. The molecular formula is C13H14FNO. The van der Waals surface area contributed by atoms with Crippen LogP contribution in [0.3, 0.4) is 0 Å². The molecule has 1 aromatic carbocycles. The lowest BCUT2D eigenvalue weighted by Gasteiger charge is -2.16. The second-order valence-corrected chi connectivity index (χ2v) is 3.80. The molecule has 1 unspecified atom stereocenters. The molecule has 0 bridgehead atoms. The molecule has 2 aromatic rings. The average Bonchev–Trinajstić information content (AvgIpc) is 2.78. The van der Waals surface area contributed by atoms with Gasteiger partial charge in [0.25, 0.3) is 0 Å². The lowest BCUT2D eigenvalue weighted by Crippen LogP contribution is -2.18. The number of hydrogen-bond donors (Lipinski definition) is 1. The molecule has 0 radical (unpaired) electrons. The number of furan rings is 1. The van der Waals surface area contributed by atoms with Crippen molar-refractivity contribution >= 4 is 0 Å². The Morgan fingerprint density at radius 2 is 2.12 bits per heavy atom. The Hall–Kier alpha value is -1.61. The van der Waals surface area contributed by atoms with Crippen LogP contribution in [0.2, 0.25) is 0 Å². The fourth-order valence-electron chi connectivity index (χ4n) is 1.83. The first-order valence-electron chi connectivity index (χ1n) is 5.18. The fourth-order valence-corrected chi connectivity index (χ4v) is 1.83. The number of nitrogens with one attached hydrogen (secondary N) is 1. The summed E-state index contributed by atoms with van der Waals surface area (Å²) in [6.45, 7) is 1.95. The summed E-state index contributed by atoms with van der Waals surface area (Å²) in [6.07, 6.45) is 3.22. The first kappa shape index (κ1) is 10.9. The summed E-state index contributed by atoms with van der Waals surface area (Å²) in [7, 11) is 1.80. The van der Waals surface area contributed by atoms with Gasteiger partial charge in [-0.25, -0.2) is 4.39 Å². The third kappa shape index (κ3) is 1.99. The molecule has 84 valence electrons. The van der Waals surface area contributed by atoms with E-state index in [0.29, 0.717) is 5.56 Å². The minimum absolute atomic E-state index is 0.168. The molecule has 0 saturated carbocycles. The van der Waals surface area contributed by atoms with E-state index < -0.39 is 0 Å². The van der Waals surface area contributed by atoms with E-state index in [-0.39, 0.29) is 11.9 Å². The summed E-state index contributed by atoms with van der Waals surface area (Å²) in [5.41, 5.74) is 2.61. The molecule has 0 aliphatic carbocycles. The zero-order valence-electron chi connectivity index (χ0n) is 9.33. The van der Waals surface area contributed by atoms with Crippen LogP contribution in [0.1, 0.15) is 22.7 Å². The van der Waals surface area contributed by atoms with Gasteiger partial charge in [0, 0.05) is 11.1 Å². The van der Waals surface area contributed by atoms with Gasteiger partial charge in [-0.3, -0.25) is 0 Å². The molecule has 1 heterocycles. The summed E-state index contributed by atoms with van der Waals surface area (Å²) < 4.78 is 18.8. The monoisotopic (exact) mass is 219 g/mol. The van der Waals surface area contributed by atoms with Crippen LogP contribution in [0.5, 0.6) is 0 Å². The van der Waals surface area contributed by atoms with Gasteiger partial charge in [-0.1, -0.05) is 17.7 Å². The highest BCUT2D eigenvalue weighted by molar-refractivity contribution is 5.33. The van der Waals surface area contributed by atoms with Gasteiger partial charge in [0.2, 0.25) is 0 Å². The standard InChI is InChI=1S/C13H14FNO/c1-9-3-4-12(14)11(7-9)13(15-2)10-5-6-16-8-10/h3-8,13,15H,1-2H3. The van der Waals surface area contributed by atoms with Crippen molar-refractivity contribution < 1.29 is 8.81 Å². The molecule has 1 aromatic heterocycles. The largest absolute Gasteiger partial charge is 0.472 e. The van der Waals surface area contributed by atoms with Crippen LogP contribution in [-0.4, -0.2) is 7.05 Å². The SMILES string of the molecule is CNC(c1ccoc1)c1cc(C)ccc1F. The Kier molecular flexibility index (Phi) is 3.06. The number of halogens is 1. The zero-order valence-corrected chi connectivity index (χ0v) is 9.33. The van der Waals surface area contributed by atoms with Gasteiger partial charge in [-0.05, 0) is 26.1 Å². The quantitative estimate of drug-likeness (QED) is 0.858. The Balaban J connectivity index is 2.44. The van der Waals surface area contributed by atoms with E-state index in [1.165, 1.54) is 6.07 Å². The summed E-state index contributed by atoms with van der Waals surface area (Å²) in [4.78, 5) is 0. The zero-order chi connectivity index (χ0) is 11.5. The predicted molar refractivity (Wildman–Crippen MR) is 60.7 cm³/mol. The van der Waals surface area contributed by atoms with Crippen molar-refractivity contribution in [3.05, 3.63) is 59.3 Å². The van der Waals surface area contributed by atoms with E-state index in [4.69, 9.17) is 4.42 Å². The van der Waals surface area contributed by atoms with Crippen molar-refractivity contribution in [1.82, 2.24) is 5.32 Å². The minimum Gasteiger partial charge on any atom is -0.472 e. The fraction of sp³-hybridized carbons (Fsp3) is 0.231. The highest BCUT2D eigenvalue weighted by atomic mass is 19.1. The van der Waals surface area contributed by atoms with Gasteiger partial charge in [0.05, 0.1) is 18.6 Å². The molecule has 16 heavy (non-hydrogen) atoms. The molecule has 0 saturated heterocycles. The lowest BCUT2D eigenvalue weighted by molar-refractivity contribution is 0.548. The molecule has 0 fully saturated rings. The lowest BCUT2D eigenvalue weighted by atomic mass is 9.99. The van der Waals surface area contributed by atoms with E-state index in [0.717, 1.165) is 11.1 Å². The highest BCUT2D eigenvalue weighted by Gasteiger charge is 2.16. The molecule has 0 aliphatic heterocycles. The average molecular weight is 219 g/mol. The maximum absolute atomic E-state index is 13.7. The summed E-state index contributed by atoms with van der Waals surface area (Å²) in [6, 6.07) is 6.78. The molecule has 3 heteroatoms. The van der Waals surface area contributed by atoms with Crippen LogP contribution < -0.4 is 5.32 Å². The second-order valence-electron chi connectivity index (χ2n) is 3.80. The van der Waals surface area contributed by atoms with Crippen LogP contribution in [0.4, 0.5) is 4.39 Å². The van der Waals surface area contributed by atoms with Gasteiger partial charge >= 0.3 is 0 Å². The van der Waals surface area contributed by atoms with Crippen molar-refractivity contribution in [3.8, 4) is 0 Å². The topological polar surface area (TPSA) is 25.2 Å².